The molecular formula is C9H17NO. The number of hydrogen-bond donors (Lipinski definition) is 1. The molecule has 0 aliphatic carbocycles. The van der Waals surface area contributed by atoms with E-state index in [1.807, 2.05) is 13.8 Å². The molecule has 0 aromatic heterocycles. The number of ketones is 1. The van der Waals surface area contributed by atoms with Crippen LogP contribution in [0.5, 0.6) is 0 Å². The molecule has 0 aromatic carbocycles. The molecule has 1 aliphatic rings. The van der Waals surface area contributed by atoms with Crippen molar-refractivity contribution in [2.45, 2.75) is 20.8 Å². The van der Waals surface area contributed by atoms with E-state index in [-0.39, 0.29) is 11.8 Å². The molecule has 0 saturated carbocycles. The van der Waals surface area contributed by atoms with Crippen LogP contribution in [0.15, 0.2) is 0 Å². The van der Waals surface area contributed by atoms with Gasteiger partial charge in [0.2, 0.25) is 0 Å². The van der Waals surface area contributed by atoms with E-state index in [1.54, 1.807) is 0 Å². The summed E-state index contributed by atoms with van der Waals surface area (Å²) in [5.41, 5.74) is 0. The summed E-state index contributed by atoms with van der Waals surface area (Å²) in [4.78, 5) is 11.5. The zero-order chi connectivity index (χ0) is 8.43. The average molecular weight is 155 g/mol. The topological polar surface area (TPSA) is 29.1 Å². The fourth-order valence-electron chi connectivity index (χ4n) is 1.62. The van der Waals surface area contributed by atoms with E-state index in [2.05, 4.69) is 12.2 Å². The van der Waals surface area contributed by atoms with Gasteiger partial charge in [0.25, 0.3) is 0 Å². The number of hydrogen-bond acceptors (Lipinski definition) is 2. The predicted molar refractivity (Wildman–Crippen MR) is 45.4 cm³/mol. The van der Waals surface area contributed by atoms with E-state index in [1.165, 1.54) is 0 Å². The number of carbonyl (C=O) groups is 1. The standard InChI is InChI=1S/C9H17NO/c1-6(2)9(11)8-5-10-4-7(8)3/h6-8,10H,4-5H2,1-3H3/t7-,8?/m0/s1. The number of nitrogens with one attached hydrogen (secondary N) is 1. The van der Waals surface area contributed by atoms with Gasteiger partial charge in [-0.1, -0.05) is 20.8 Å². The van der Waals surface area contributed by atoms with E-state index in [4.69, 9.17) is 0 Å². The second kappa shape index (κ2) is 3.35. The van der Waals surface area contributed by atoms with Crippen LogP contribution in [-0.2, 0) is 4.79 Å². The summed E-state index contributed by atoms with van der Waals surface area (Å²) in [6.07, 6.45) is 0. The van der Waals surface area contributed by atoms with Crippen LogP contribution in [0, 0.1) is 17.8 Å². The Labute approximate surface area is 68.4 Å². The van der Waals surface area contributed by atoms with Gasteiger partial charge in [0, 0.05) is 18.4 Å². The predicted octanol–water partition coefficient (Wildman–Crippen LogP) is 1.07. The molecule has 1 rings (SSSR count). The van der Waals surface area contributed by atoms with Crippen molar-refractivity contribution in [1.29, 1.82) is 0 Å². The van der Waals surface area contributed by atoms with Crippen LogP contribution in [0.25, 0.3) is 0 Å². The molecule has 1 N–H and O–H groups in total. The highest BCUT2D eigenvalue weighted by molar-refractivity contribution is 5.83. The van der Waals surface area contributed by atoms with Crippen molar-refractivity contribution in [3.05, 3.63) is 0 Å². The van der Waals surface area contributed by atoms with Crippen molar-refractivity contribution < 1.29 is 4.79 Å². The highest BCUT2D eigenvalue weighted by Crippen LogP contribution is 2.19. The fourth-order valence-corrected chi connectivity index (χ4v) is 1.62. The molecular weight excluding hydrogens is 138 g/mol. The maximum absolute atomic E-state index is 11.5. The molecule has 0 bridgehead atoms. The largest absolute Gasteiger partial charge is 0.316 e. The van der Waals surface area contributed by atoms with Crippen LogP contribution in [0.3, 0.4) is 0 Å². The van der Waals surface area contributed by atoms with Crippen LogP contribution in [0.1, 0.15) is 20.8 Å². The smallest absolute Gasteiger partial charge is 0.140 e. The molecule has 0 amide bonds. The van der Waals surface area contributed by atoms with Crippen molar-refractivity contribution in [2.24, 2.45) is 17.8 Å². The third-order valence-electron chi connectivity index (χ3n) is 2.45. The normalized spacial score (nSPS) is 31.3. The lowest BCUT2D eigenvalue weighted by Crippen LogP contribution is -2.25. The molecule has 2 nitrogen and oxygen atoms in total. The Morgan fingerprint density at radius 1 is 1.45 bits per heavy atom. The molecule has 1 saturated heterocycles. The number of carbonyl (C=O) groups excluding carboxylic acids is 1. The molecule has 2 heteroatoms. The summed E-state index contributed by atoms with van der Waals surface area (Å²) in [7, 11) is 0. The first-order chi connectivity index (χ1) is 5.13. The van der Waals surface area contributed by atoms with Gasteiger partial charge in [-0.05, 0) is 12.5 Å². The van der Waals surface area contributed by atoms with Crippen molar-refractivity contribution in [3.8, 4) is 0 Å². The van der Waals surface area contributed by atoms with Crippen LogP contribution in [-0.4, -0.2) is 18.9 Å². The lowest BCUT2D eigenvalue weighted by atomic mass is 9.88. The second-order valence-electron chi connectivity index (χ2n) is 3.80. The molecule has 0 aromatic rings. The van der Waals surface area contributed by atoms with Crippen LogP contribution in [0.4, 0.5) is 0 Å². The zero-order valence-corrected chi connectivity index (χ0v) is 7.55. The van der Waals surface area contributed by atoms with Gasteiger partial charge in [0.1, 0.15) is 5.78 Å². The Morgan fingerprint density at radius 3 is 2.45 bits per heavy atom. The SMILES string of the molecule is CC(C)C(=O)C1CNC[C@@H]1C. The van der Waals surface area contributed by atoms with Crippen molar-refractivity contribution in [3.63, 3.8) is 0 Å². The molecule has 1 unspecified atom stereocenters. The maximum atomic E-state index is 11.5. The van der Waals surface area contributed by atoms with Gasteiger partial charge in [-0.15, -0.1) is 0 Å². The van der Waals surface area contributed by atoms with Gasteiger partial charge in [-0.2, -0.15) is 0 Å². The number of Topliss-reactive ketones (excluding diaryl/α,β-unsaturated/α-hetero) is 1. The fraction of sp³-hybridized carbons (Fsp3) is 0.889. The zero-order valence-electron chi connectivity index (χ0n) is 7.55. The number of rotatable bonds is 2. The molecule has 2 atom stereocenters. The second-order valence-corrected chi connectivity index (χ2v) is 3.80. The van der Waals surface area contributed by atoms with E-state index in [0.29, 0.717) is 11.7 Å². The highest BCUT2D eigenvalue weighted by Gasteiger charge is 2.30. The van der Waals surface area contributed by atoms with Gasteiger partial charge in [-0.25, -0.2) is 0 Å². The molecule has 64 valence electrons. The van der Waals surface area contributed by atoms with Gasteiger partial charge < -0.3 is 5.32 Å². The Bertz CT molecular complexity index is 154. The van der Waals surface area contributed by atoms with E-state index < -0.39 is 0 Å². The molecule has 1 heterocycles. The molecule has 11 heavy (non-hydrogen) atoms. The van der Waals surface area contributed by atoms with Gasteiger partial charge in [0.15, 0.2) is 0 Å². The van der Waals surface area contributed by atoms with Crippen molar-refractivity contribution >= 4 is 5.78 Å². The van der Waals surface area contributed by atoms with Gasteiger partial charge >= 0.3 is 0 Å². The summed E-state index contributed by atoms with van der Waals surface area (Å²) in [5.74, 6) is 1.42. The molecule has 1 aliphatic heterocycles. The highest BCUT2D eigenvalue weighted by atomic mass is 16.1. The lowest BCUT2D eigenvalue weighted by Gasteiger charge is -2.14. The van der Waals surface area contributed by atoms with Gasteiger partial charge in [-0.3, -0.25) is 4.79 Å². The van der Waals surface area contributed by atoms with Crippen LogP contribution in [0.2, 0.25) is 0 Å². The van der Waals surface area contributed by atoms with E-state index in [9.17, 15) is 4.79 Å². The summed E-state index contributed by atoms with van der Waals surface area (Å²) in [6, 6.07) is 0. The third-order valence-corrected chi connectivity index (χ3v) is 2.45. The third kappa shape index (κ3) is 1.80. The van der Waals surface area contributed by atoms with Crippen LogP contribution >= 0.6 is 0 Å². The molecule has 0 spiro atoms. The lowest BCUT2D eigenvalue weighted by molar-refractivity contribution is -0.126. The molecule has 1 fully saturated rings. The first-order valence-electron chi connectivity index (χ1n) is 4.37. The Kier molecular flexibility index (Phi) is 2.66. The Morgan fingerprint density at radius 2 is 2.09 bits per heavy atom. The minimum Gasteiger partial charge on any atom is -0.316 e. The molecule has 0 radical (unpaired) electrons. The first kappa shape index (κ1) is 8.72. The average Bonchev–Trinajstić information content (AvgIpc) is 2.33. The quantitative estimate of drug-likeness (QED) is 0.646. The minimum atomic E-state index is 0.197. The Balaban J connectivity index is 2.53. The van der Waals surface area contributed by atoms with Crippen molar-refractivity contribution in [2.75, 3.05) is 13.1 Å². The minimum absolute atomic E-state index is 0.197. The monoisotopic (exact) mass is 155 g/mol. The first-order valence-corrected chi connectivity index (χ1v) is 4.37. The summed E-state index contributed by atoms with van der Waals surface area (Å²) < 4.78 is 0. The Hall–Kier alpha value is -0.370. The van der Waals surface area contributed by atoms with E-state index >= 15 is 0 Å². The van der Waals surface area contributed by atoms with Crippen molar-refractivity contribution in [1.82, 2.24) is 5.32 Å². The summed E-state index contributed by atoms with van der Waals surface area (Å²) in [5, 5.41) is 3.24. The summed E-state index contributed by atoms with van der Waals surface area (Å²) >= 11 is 0. The van der Waals surface area contributed by atoms with Crippen LogP contribution < -0.4 is 5.32 Å². The van der Waals surface area contributed by atoms with Gasteiger partial charge in [0.05, 0.1) is 0 Å². The maximum Gasteiger partial charge on any atom is 0.140 e. The summed E-state index contributed by atoms with van der Waals surface area (Å²) in [6.45, 7) is 7.99. The van der Waals surface area contributed by atoms with E-state index in [0.717, 1.165) is 13.1 Å².